The number of hydrogen-bond donors (Lipinski definition) is 6. The highest BCUT2D eigenvalue weighted by Crippen LogP contribution is 2.17. The monoisotopic (exact) mass is 891 g/mol. The average Bonchev–Trinajstić information content (AvgIpc) is 3.06. The van der Waals surface area contributed by atoms with Crippen LogP contribution in [0.2, 0.25) is 0 Å². The molecule has 6 N–H and O–H groups in total. The maximum atomic E-state index is 13.4. The summed E-state index contributed by atoms with van der Waals surface area (Å²) in [7, 11) is 1.64. The summed E-state index contributed by atoms with van der Waals surface area (Å²) in [5, 5.41) is 18.0. The van der Waals surface area contributed by atoms with E-state index in [4.69, 9.17) is 40.6 Å². The average molecular weight is 891 g/mol. The van der Waals surface area contributed by atoms with Crippen LogP contribution in [-0.2, 0) is 47.6 Å². The van der Waals surface area contributed by atoms with Crippen molar-refractivity contribution in [2.75, 3.05) is 73.1 Å². The number of carbonyl (C=O) groups excluding carboxylic acids is 4. The molecule has 0 aliphatic carbocycles. The van der Waals surface area contributed by atoms with Crippen LogP contribution in [0.5, 0.6) is 0 Å². The molecule has 4 amide bonds. The molecule has 358 valence electrons. The van der Waals surface area contributed by atoms with Crippen LogP contribution in [0, 0.1) is 0 Å². The van der Waals surface area contributed by atoms with Gasteiger partial charge in [-0.2, -0.15) is 0 Å². The van der Waals surface area contributed by atoms with Crippen molar-refractivity contribution in [2.45, 2.75) is 181 Å². The molecule has 16 nitrogen and oxygen atoms in total. The van der Waals surface area contributed by atoms with Gasteiger partial charge in [-0.05, 0) is 135 Å². The van der Waals surface area contributed by atoms with Gasteiger partial charge in [0.05, 0.1) is 63.0 Å². The van der Waals surface area contributed by atoms with Gasteiger partial charge in [0.25, 0.3) is 0 Å². The minimum absolute atomic E-state index is 0.0347. The Kier molecular flexibility index (Phi) is 25.7. The molecule has 0 heterocycles. The van der Waals surface area contributed by atoms with Crippen LogP contribution in [0.25, 0.3) is 0 Å². The summed E-state index contributed by atoms with van der Waals surface area (Å²) < 4.78 is 35.7. The fourth-order valence-corrected chi connectivity index (χ4v) is 5.54. The van der Waals surface area contributed by atoms with E-state index in [1.807, 2.05) is 104 Å². The Bertz CT molecular complexity index is 1210. The fraction of sp³-hybridized carbons (Fsp3) is 0.886. The van der Waals surface area contributed by atoms with Crippen molar-refractivity contribution in [3.8, 4) is 0 Å². The zero-order valence-electron chi connectivity index (χ0n) is 40.8. The summed E-state index contributed by atoms with van der Waals surface area (Å²) in [6.45, 7) is 30.6. The van der Waals surface area contributed by atoms with Gasteiger partial charge in [0, 0.05) is 62.7 Å². The number of rotatable bonds is 30. The lowest BCUT2D eigenvalue weighted by atomic mass is 10.0. The Morgan fingerprint density at radius 2 is 0.738 bits per heavy atom. The summed E-state index contributed by atoms with van der Waals surface area (Å²) in [6, 6.07) is 0. The molecule has 0 rings (SSSR count). The maximum Gasteiger partial charge on any atom is 0.240 e. The van der Waals surface area contributed by atoms with Crippen molar-refractivity contribution < 1.29 is 47.6 Å². The maximum absolute atomic E-state index is 13.4. The Balaban J connectivity index is 5.91. The summed E-state index contributed by atoms with van der Waals surface area (Å²) >= 11 is 5.17. The highest BCUT2D eigenvalue weighted by molar-refractivity contribution is 7.80. The van der Waals surface area contributed by atoms with Gasteiger partial charge in [0.2, 0.25) is 23.6 Å². The molecule has 17 heteroatoms. The zero-order chi connectivity index (χ0) is 47.2. The third-order valence-corrected chi connectivity index (χ3v) is 9.16. The largest absolute Gasteiger partial charge is 0.378 e. The Labute approximate surface area is 373 Å². The van der Waals surface area contributed by atoms with Gasteiger partial charge in [0.15, 0.2) is 5.11 Å². The number of ether oxygens (including phenoxy) is 6. The molecule has 0 unspecified atom stereocenters. The predicted molar refractivity (Wildman–Crippen MR) is 244 cm³/mol. The van der Waals surface area contributed by atoms with E-state index in [-0.39, 0.29) is 105 Å². The van der Waals surface area contributed by atoms with Crippen molar-refractivity contribution >= 4 is 41.0 Å². The van der Waals surface area contributed by atoms with Crippen molar-refractivity contribution in [1.29, 1.82) is 0 Å². The molecule has 0 bridgehead atoms. The van der Waals surface area contributed by atoms with E-state index in [2.05, 4.69) is 31.9 Å². The molecule has 0 fully saturated rings. The van der Waals surface area contributed by atoms with Crippen molar-refractivity contribution in [1.82, 2.24) is 31.9 Å². The van der Waals surface area contributed by atoms with Crippen molar-refractivity contribution in [3.05, 3.63) is 0 Å². The van der Waals surface area contributed by atoms with Crippen LogP contribution in [0.15, 0.2) is 0 Å². The number of nitrogens with one attached hydrogen (secondary N) is 6. The first kappa shape index (κ1) is 58.3. The number of amides is 4. The number of carbonyl (C=O) groups is 4. The second-order valence-electron chi connectivity index (χ2n) is 20.6. The topological polar surface area (TPSA) is 196 Å². The van der Waals surface area contributed by atoms with Crippen molar-refractivity contribution in [2.24, 2.45) is 0 Å². The first-order chi connectivity index (χ1) is 27.8. The summed E-state index contributed by atoms with van der Waals surface area (Å²) in [5.41, 5.74) is -3.65. The van der Waals surface area contributed by atoms with E-state index in [1.165, 1.54) is 0 Å². The quantitative estimate of drug-likeness (QED) is 0.0438. The molecule has 61 heavy (non-hydrogen) atoms. The van der Waals surface area contributed by atoms with Crippen LogP contribution in [0.3, 0.4) is 0 Å². The molecule has 0 radical (unpaired) electrons. The van der Waals surface area contributed by atoms with Gasteiger partial charge in [-0.3, -0.25) is 19.2 Å². The van der Waals surface area contributed by atoms with Gasteiger partial charge >= 0.3 is 0 Å². The molecule has 0 aliphatic rings. The van der Waals surface area contributed by atoms with Crippen LogP contribution >= 0.6 is 12.2 Å². The Morgan fingerprint density at radius 3 is 1.00 bits per heavy atom. The van der Waals surface area contributed by atoms with Crippen LogP contribution in [0.4, 0.5) is 0 Å². The summed E-state index contributed by atoms with van der Waals surface area (Å²) in [4.78, 5) is 52.3. The lowest BCUT2D eigenvalue weighted by molar-refractivity contribution is -0.130. The van der Waals surface area contributed by atoms with Crippen LogP contribution in [-0.4, -0.2) is 141 Å². The van der Waals surface area contributed by atoms with E-state index in [0.29, 0.717) is 39.1 Å². The third kappa shape index (κ3) is 33.5. The molecule has 0 saturated heterocycles. The molecule has 0 aromatic heterocycles. The second-order valence-corrected chi connectivity index (χ2v) is 21.0. The Morgan fingerprint density at radius 1 is 0.443 bits per heavy atom. The van der Waals surface area contributed by atoms with E-state index < -0.39 is 28.1 Å². The van der Waals surface area contributed by atoms with Gasteiger partial charge in [-0.25, -0.2) is 0 Å². The van der Waals surface area contributed by atoms with Gasteiger partial charge < -0.3 is 60.3 Å². The normalized spacial score (nSPS) is 13.0. The molecule has 0 spiro atoms. The van der Waals surface area contributed by atoms with E-state index in [1.54, 1.807) is 7.05 Å². The van der Waals surface area contributed by atoms with Gasteiger partial charge in [-0.1, -0.05) is 0 Å². The van der Waals surface area contributed by atoms with E-state index >= 15 is 0 Å². The second kappa shape index (κ2) is 26.8. The van der Waals surface area contributed by atoms with E-state index in [9.17, 15) is 19.2 Å². The molecule has 0 aromatic rings. The molecule has 0 atom stereocenters. The molecule has 0 aromatic carbocycles. The molecule has 0 aliphatic heterocycles. The Hall–Kier alpha value is -2.67. The summed E-state index contributed by atoms with van der Waals surface area (Å²) in [6.07, 6.45) is 2.03. The predicted octanol–water partition coefficient (Wildman–Crippen LogP) is 4.46. The van der Waals surface area contributed by atoms with Crippen LogP contribution in [0.1, 0.15) is 142 Å². The zero-order valence-corrected chi connectivity index (χ0v) is 41.6. The van der Waals surface area contributed by atoms with Gasteiger partial charge in [0.1, 0.15) is 5.54 Å². The molecular weight excluding hydrogens is 805 g/mol. The standard InChI is InChI=1S/C44H86N6O10S/c1-38(2,3)58-26-20-41(10,11)47-33(51)17-23-55-30-44(50-36(54)29-46-37(61)45-16,31-56-24-18-34(52)48-42(12,13)21-27-59-39(4,5)6)32-57-25-19-35(53)49-43(14,15)22-28-60-40(7,8)9/h17-32H2,1-16H3,(H,47,51)(H,48,52)(H,49,53)(H,50,54)(H2,45,46,61). The number of thiocarbonyl (C=S) groups is 1. The SMILES string of the molecule is CNC(=S)NCC(=O)NC(COCCC(=O)NC(C)(C)CCOC(C)(C)C)(COCCC(=O)NC(C)(C)CCOC(C)(C)C)COCCC(=O)NC(C)(C)CCOC(C)(C)C. The number of hydrogen-bond acceptors (Lipinski definition) is 11. The highest BCUT2D eigenvalue weighted by Gasteiger charge is 2.35. The first-order valence-electron chi connectivity index (χ1n) is 21.6. The van der Waals surface area contributed by atoms with E-state index in [0.717, 1.165) is 0 Å². The first-order valence-corrected chi connectivity index (χ1v) is 22.0. The van der Waals surface area contributed by atoms with Crippen LogP contribution < -0.4 is 31.9 Å². The highest BCUT2D eigenvalue weighted by atomic mass is 32.1. The minimum atomic E-state index is -1.28. The smallest absolute Gasteiger partial charge is 0.240 e. The third-order valence-electron chi connectivity index (χ3n) is 8.82. The molecule has 0 saturated carbocycles. The minimum Gasteiger partial charge on any atom is -0.378 e. The van der Waals surface area contributed by atoms with Crippen molar-refractivity contribution in [3.63, 3.8) is 0 Å². The lowest BCUT2D eigenvalue weighted by Crippen LogP contribution is -2.60. The summed E-state index contributed by atoms with van der Waals surface area (Å²) in [5.74, 6) is -1.04. The molecular formula is C44H86N6O10S. The lowest BCUT2D eigenvalue weighted by Gasteiger charge is -2.34. The fourth-order valence-electron chi connectivity index (χ4n) is 5.46. The van der Waals surface area contributed by atoms with Gasteiger partial charge in [-0.15, -0.1) is 0 Å².